The van der Waals surface area contributed by atoms with Gasteiger partial charge in [-0.25, -0.2) is 0 Å². The number of carbonyl (C=O) groups is 1. The maximum Gasteiger partial charge on any atom is 0.171 e. The predicted molar refractivity (Wildman–Crippen MR) is 62.4 cm³/mol. The molecule has 1 N–H and O–H groups in total. The number of hydrogen-bond acceptors (Lipinski definition) is 3. The monoisotopic (exact) mass is 222 g/mol. The molecule has 0 aliphatic heterocycles. The third-order valence-corrected chi connectivity index (χ3v) is 2.42. The van der Waals surface area contributed by atoms with E-state index >= 15 is 0 Å². The topological polar surface area (TPSA) is 46.5 Å². The first-order valence-corrected chi connectivity index (χ1v) is 5.22. The zero-order valence-electron chi connectivity index (χ0n) is 10.2. The second kappa shape index (κ2) is 4.66. The van der Waals surface area contributed by atoms with Crippen LogP contribution >= 0.6 is 0 Å². The summed E-state index contributed by atoms with van der Waals surface area (Å²) in [4.78, 5) is 11.8. The quantitative estimate of drug-likeness (QED) is 0.853. The minimum Gasteiger partial charge on any atom is -0.497 e. The van der Waals surface area contributed by atoms with Gasteiger partial charge >= 0.3 is 0 Å². The maximum absolute atomic E-state index is 11.8. The molecule has 0 bridgehead atoms. The lowest BCUT2D eigenvalue weighted by Gasteiger charge is -2.21. The molecule has 3 nitrogen and oxygen atoms in total. The Kier molecular flexibility index (Phi) is 3.70. The Morgan fingerprint density at radius 1 is 1.25 bits per heavy atom. The lowest BCUT2D eigenvalue weighted by molar-refractivity contribution is -0.135. The first-order chi connectivity index (χ1) is 7.36. The van der Waals surface area contributed by atoms with Gasteiger partial charge in [-0.05, 0) is 17.7 Å². The summed E-state index contributed by atoms with van der Waals surface area (Å²) in [6.45, 7) is 5.38. The maximum atomic E-state index is 11.8. The number of benzene rings is 1. The molecule has 0 aromatic heterocycles. The van der Waals surface area contributed by atoms with Crippen LogP contribution < -0.4 is 4.74 Å². The number of Topliss-reactive ketones (excluding diaryl/α,β-unsaturated/α-hetero) is 1. The highest BCUT2D eigenvalue weighted by Gasteiger charge is 2.29. The van der Waals surface area contributed by atoms with Crippen molar-refractivity contribution in [2.45, 2.75) is 26.9 Å². The number of ketones is 1. The van der Waals surface area contributed by atoms with Gasteiger partial charge in [0.2, 0.25) is 0 Å². The largest absolute Gasteiger partial charge is 0.497 e. The fourth-order valence-electron chi connectivity index (χ4n) is 1.35. The van der Waals surface area contributed by atoms with Crippen LogP contribution in [0.25, 0.3) is 0 Å². The molecule has 0 spiro atoms. The average Bonchev–Trinajstić information content (AvgIpc) is 2.26. The molecule has 1 aromatic carbocycles. The van der Waals surface area contributed by atoms with Crippen LogP contribution in [-0.4, -0.2) is 18.0 Å². The molecule has 0 saturated heterocycles. The fraction of sp³-hybridized carbons (Fsp3) is 0.462. The standard InChI is InChI=1S/C13H18O3/c1-13(2,3)12(15)11(14)9-5-7-10(16-4)8-6-9/h5-8,11,14H,1-4H3. The van der Waals surface area contributed by atoms with Gasteiger partial charge in [0, 0.05) is 5.41 Å². The summed E-state index contributed by atoms with van der Waals surface area (Å²) < 4.78 is 5.01. The predicted octanol–water partition coefficient (Wildman–Crippen LogP) is 2.34. The Hall–Kier alpha value is -1.35. The van der Waals surface area contributed by atoms with Gasteiger partial charge in [-0.2, -0.15) is 0 Å². The molecule has 0 amide bonds. The molecule has 1 aromatic rings. The van der Waals surface area contributed by atoms with Gasteiger partial charge < -0.3 is 9.84 Å². The molecule has 1 atom stereocenters. The van der Waals surface area contributed by atoms with Crippen LogP contribution in [0.1, 0.15) is 32.4 Å². The Morgan fingerprint density at radius 2 is 1.75 bits per heavy atom. The molecule has 1 rings (SSSR count). The van der Waals surface area contributed by atoms with Gasteiger partial charge in [-0.15, -0.1) is 0 Å². The Bertz CT molecular complexity index is 360. The highest BCUT2D eigenvalue weighted by Crippen LogP contribution is 2.26. The van der Waals surface area contributed by atoms with Crippen molar-refractivity contribution in [3.05, 3.63) is 29.8 Å². The van der Waals surface area contributed by atoms with Crippen LogP contribution in [0, 0.1) is 5.41 Å². The van der Waals surface area contributed by atoms with Gasteiger partial charge in [0.1, 0.15) is 11.9 Å². The molecule has 1 unspecified atom stereocenters. The molecule has 16 heavy (non-hydrogen) atoms. The summed E-state index contributed by atoms with van der Waals surface area (Å²) in [5.41, 5.74) is 0.0556. The number of carbonyl (C=O) groups excluding carboxylic acids is 1. The Labute approximate surface area is 96.1 Å². The fourth-order valence-corrected chi connectivity index (χ4v) is 1.35. The van der Waals surface area contributed by atoms with E-state index in [0.717, 1.165) is 0 Å². The summed E-state index contributed by atoms with van der Waals surface area (Å²) >= 11 is 0. The van der Waals surface area contributed by atoms with E-state index in [4.69, 9.17) is 4.74 Å². The third kappa shape index (κ3) is 2.83. The summed E-state index contributed by atoms with van der Waals surface area (Å²) in [7, 11) is 1.58. The third-order valence-electron chi connectivity index (χ3n) is 2.42. The molecular formula is C13H18O3. The van der Waals surface area contributed by atoms with E-state index < -0.39 is 11.5 Å². The number of methoxy groups -OCH3 is 1. The van der Waals surface area contributed by atoms with Gasteiger partial charge in [-0.3, -0.25) is 4.79 Å². The zero-order chi connectivity index (χ0) is 12.3. The van der Waals surface area contributed by atoms with Crippen LogP contribution in [0.3, 0.4) is 0 Å². The lowest BCUT2D eigenvalue weighted by Crippen LogP contribution is -2.26. The van der Waals surface area contributed by atoms with Crippen molar-refractivity contribution in [2.75, 3.05) is 7.11 Å². The van der Waals surface area contributed by atoms with Crippen molar-refractivity contribution in [1.29, 1.82) is 0 Å². The minimum absolute atomic E-state index is 0.183. The zero-order valence-corrected chi connectivity index (χ0v) is 10.2. The highest BCUT2D eigenvalue weighted by molar-refractivity contribution is 5.88. The van der Waals surface area contributed by atoms with Crippen molar-refractivity contribution >= 4 is 5.78 Å². The van der Waals surface area contributed by atoms with E-state index in [-0.39, 0.29) is 5.78 Å². The number of hydrogen-bond donors (Lipinski definition) is 1. The summed E-state index contributed by atoms with van der Waals surface area (Å²) in [5, 5.41) is 9.90. The summed E-state index contributed by atoms with van der Waals surface area (Å²) in [6, 6.07) is 6.86. The van der Waals surface area contributed by atoms with Crippen molar-refractivity contribution in [1.82, 2.24) is 0 Å². The van der Waals surface area contributed by atoms with E-state index in [1.807, 2.05) is 0 Å². The van der Waals surface area contributed by atoms with Crippen LogP contribution in [-0.2, 0) is 4.79 Å². The average molecular weight is 222 g/mol. The second-order valence-corrected chi connectivity index (χ2v) is 4.79. The number of rotatable bonds is 3. The molecule has 0 aliphatic rings. The molecule has 3 heteroatoms. The molecule has 0 saturated carbocycles. The van der Waals surface area contributed by atoms with Gasteiger partial charge in [-0.1, -0.05) is 32.9 Å². The molecule has 0 radical (unpaired) electrons. The van der Waals surface area contributed by atoms with Crippen LogP contribution in [0.4, 0.5) is 0 Å². The SMILES string of the molecule is COc1ccc(C(O)C(=O)C(C)(C)C)cc1. The Morgan fingerprint density at radius 3 is 2.12 bits per heavy atom. The van der Waals surface area contributed by atoms with Crippen molar-refractivity contribution in [2.24, 2.45) is 5.41 Å². The van der Waals surface area contributed by atoms with Crippen molar-refractivity contribution in [3.63, 3.8) is 0 Å². The minimum atomic E-state index is -1.06. The van der Waals surface area contributed by atoms with Crippen LogP contribution in [0.15, 0.2) is 24.3 Å². The van der Waals surface area contributed by atoms with E-state index in [1.165, 1.54) is 0 Å². The van der Waals surface area contributed by atoms with Crippen LogP contribution in [0.5, 0.6) is 5.75 Å². The van der Waals surface area contributed by atoms with Crippen molar-refractivity contribution in [3.8, 4) is 5.75 Å². The van der Waals surface area contributed by atoms with E-state index in [0.29, 0.717) is 11.3 Å². The second-order valence-electron chi connectivity index (χ2n) is 4.79. The van der Waals surface area contributed by atoms with E-state index in [9.17, 15) is 9.90 Å². The van der Waals surface area contributed by atoms with Gasteiger partial charge in [0.25, 0.3) is 0 Å². The van der Waals surface area contributed by atoms with Gasteiger partial charge in [0.05, 0.1) is 7.11 Å². The molecule has 0 fully saturated rings. The van der Waals surface area contributed by atoms with E-state index in [1.54, 1.807) is 52.1 Å². The molecular weight excluding hydrogens is 204 g/mol. The molecule has 88 valence electrons. The first kappa shape index (κ1) is 12.7. The Balaban J connectivity index is 2.88. The van der Waals surface area contributed by atoms with Gasteiger partial charge in [0.15, 0.2) is 5.78 Å². The number of aliphatic hydroxyl groups excluding tert-OH is 1. The number of ether oxygens (including phenoxy) is 1. The normalized spacial score (nSPS) is 13.3. The highest BCUT2D eigenvalue weighted by atomic mass is 16.5. The van der Waals surface area contributed by atoms with E-state index in [2.05, 4.69) is 0 Å². The summed E-state index contributed by atoms with van der Waals surface area (Å²) in [5.74, 6) is 0.525. The lowest BCUT2D eigenvalue weighted by atomic mass is 9.85. The number of aliphatic hydroxyl groups is 1. The first-order valence-electron chi connectivity index (χ1n) is 5.22. The smallest absolute Gasteiger partial charge is 0.171 e. The molecule has 0 aliphatic carbocycles. The van der Waals surface area contributed by atoms with Crippen LogP contribution in [0.2, 0.25) is 0 Å². The van der Waals surface area contributed by atoms with Crippen molar-refractivity contribution < 1.29 is 14.6 Å². The summed E-state index contributed by atoms with van der Waals surface area (Å²) in [6.07, 6.45) is -1.06. The molecule has 0 heterocycles.